The third-order valence-corrected chi connectivity index (χ3v) is 2.89. The monoisotopic (exact) mass is 207 g/mol. The molecule has 0 aliphatic carbocycles. The fourth-order valence-electron chi connectivity index (χ4n) is 1.85. The lowest BCUT2D eigenvalue weighted by Gasteiger charge is -2.28. The largest absolute Gasteiger partial charge is 0.403 e. The molecule has 1 aliphatic heterocycles. The van der Waals surface area contributed by atoms with Gasteiger partial charge in [-0.3, -0.25) is 4.99 Å². The van der Waals surface area contributed by atoms with Crippen molar-refractivity contribution in [2.45, 2.75) is 19.8 Å². The molecule has 0 unspecified atom stereocenters. The first-order valence-electron chi connectivity index (χ1n) is 5.45. The number of hydrogen-bond donors (Lipinski definition) is 1. The Labute approximate surface area is 92.4 Å². The van der Waals surface area contributed by atoms with Gasteiger partial charge in [0, 0.05) is 17.8 Å². The Balaban J connectivity index is 2.67. The molecule has 0 aromatic heterocycles. The molecule has 0 saturated carbocycles. The van der Waals surface area contributed by atoms with Crippen molar-refractivity contribution in [1.29, 1.82) is 0 Å². The maximum absolute atomic E-state index is 5.41. The molecule has 3 nitrogen and oxygen atoms in total. The number of nitrogens with two attached hydrogens (primary N) is 1. The van der Waals surface area contributed by atoms with Crippen LogP contribution in [0.4, 0.5) is 0 Å². The van der Waals surface area contributed by atoms with Crippen LogP contribution in [0, 0.1) is 5.92 Å². The van der Waals surface area contributed by atoms with E-state index in [2.05, 4.69) is 23.5 Å². The van der Waals surface area contributed by atoms with Crippen molar-refractivity contribution >= 4 is 5.71 Å². The molecule has 0 aromatic carbocycles. The second-order valence-electron chi connectivity index (χ2n) is 4.13. The molecule has 1 saturated heterocycles. The molecule has 0 spiro atoms. The first-order valence-corrected chi connectivity index (χ1v) is 5.45. The van der Waals surface area contributed by atoms with Crippen LogP contribution in [0.3, 0.4) is 0 Å². The number of allylic oxidation sites excluding steroid dienone is 2. The zero-order valence-corrected chi connectivity index (χ0v) is 9.74. The third-order valence-electron chi connectivity index (χ3n) is 2.89. The van der Waals surface area contributed by atoms with Gasteiger partial charge >= 0.3 is 0 Å². The zero-order chi connectivity index (χ0) is 11.3. The Hall–Kier alpha value is -1.09. The maximum Gasteiger partial charge on any atom is 0.0530 e. The first-order chi connectivity index (χ1) is 7.17. The van der Waals surface area contributed by atoms with Crippen LogP contribution in [0.15, 0.2) is 29.5 Å². The van der Waals surface area contributed by atoms with Crippen LogP contribution in [0.2, 0.25) is 0 Å². The standard InChI is InChI=1S/C12H21N3/c1-4-12(14-10(2)9-13)11-5-7-15(3)8-6-11/h4,9,11H,1,5-8,13H2,2-3H3/b10-9-,14-12+. The maximum atomic E-state index is 5.41. The minimum atomic E-state index is 0.550. The average molecular weight is 207 g/mol. The minimum absolute atomic E-state index is 0.550. The predicted octanol–water partition coefficient (Wildman–Crippen LogP) is 1.78. The van der Waals surface area contributed by atoms with Crippen molar-refractivity contribution in [2.75, 3.05) is 20.1 Å². The molecule has 0 bridgehead atoms. The Morgan fingerprint density at radius 1 is 1.47 bits per heavy atom. The van der Waals surface area contributed by atoms with E-state index in [1.807, 2.05) is 13.0 Å². The molecule has 0 atom stereocenters. The minimum Gasteiger partial charge on any atom is -0.403 e. The van der Waals surface area contributed by atoms with Gasteiger partial charge in [0.1, 0.15) is 0 Å². The summed E-state index contributed by atoms with van der Waals surface area (Å²) < 4.78 is 0. The van der Waals surface area contributed by atoms with E-state index in [0.29, 0.717) is 5.92 Å². The van der Waals surface area contributed by atoms with Gasteiger partial charge in [0.05, 0.1) is 5.70 Å². The summed E-state index contributed by atoms with van der Waals surface area (Å²) in [5.74, 6) is 0.550. The number of rotatable bonds is 3. The van der Waals surface area contributed by atoms with E-state index in [9.17, 15) is 0 Å². The van der Waals surface area contributed by atoms with Crippen molar-refractivity contribution in [1.82, 2.24) is 4.90 Å². The summed E-state index contributed by atoms with van der Waals surface area (Å²) in [5, 5.41) is 0. The summed E-state index contributed by atoms with van der Waals surface area (Å²) in [5.41, 5.74) is 7.37. The second-order valence-corrected chi connectivity index (χ2v) is 4.13. The van der Waals surface area contributed by atoms with Crippen LogP contribution in [0.25, 0.3) is 0 Å². The van der Waals surface area contributed by atoms with Crippen LogP contribution < -0.4 is 5.73 Å². The normalized spacial score (nSPS) is 21.7. The van der Waals surface area contributed by atoms with E-state index >= 15 is 0 Å². The highest BCUT2D eigenvalue weighted by molar-refractivity contribution is 5.97. The lowest BCUT2D eigenvalue weighted by atomic mass is 9.92. The summed E-state index contributed by atoms with van der Waals surface area (Å²) in [6, 6.07) is 0. The van der Waals surface area contributed by atoms with E-state index in [4.69, 9.17) is 5.73 Å². The number of aliphatic imine (C=N–C) groups is 1. The summed E-state index contributed by atoms with van der Waals surface area (Å²) in [6.45, 7) is 8.03. The highest BCUT2D eigenvalue weighted by Gasteiger charge is 2.19. The molecule has 1 aliphatic rings. The van der Waals surface area contributed by atoms with Crippen LogP contribution >= 0.6 is 0 Å². The number of nitrogens with zero attached hydrogens (tertiary/aromatic N) is 2. The number of piperidine rings is 1. The fourth-order valence-corrected chi connectivity index (χ4v) is 1.85. The van der Waals surface area contributed by atoms with Gasteiger partial charge in [-0.25, -0.2) is 0 Å². The summed E-state index contributed by atoms with van der Waals surface area (Å²) in [6.07, 6.45) is 5.74. The molecule has 15 heavy (non-hydrogen) atoms. The van der Waals surface area contributed by atoms with Gasteiger partial charge < -0.3 is 10.6 Å². The summed E-state index contributed by atoms with van der Waals surface area (Å²) >= 11 is 0. The van der Waals surface area contributed by atoms with Gasteiger partial charge in [-0.2, -0.15) is 0 Å². The lowest BCUT2D eigenvalue weighted by molar-refractivity contribution is 0.252. The molecule has 2 N–H and O–H groups in total. The van der Waals surface area contributed by atoms with Gasteiger partial charge in [-0.05, 0) is 46.0 Å². The van der Waals surface area contributed by atoms with Crippen molar-refractivity contribution in [3.05, 3.63) is 24.6 Å². The molecular formula is C12H21N3. The fraction of sp³-hybridized carbons (Fsp3) is 0.583. The Bertz CT molecular complexity index is 271. The van der Waals surface area contributed by atoms with E-state index in [0.717, 1.165) is 24.5 Å². The molecule has 0 aromatic rings. The number of likely N-dealkylation sites (tertiary alicyclic amines) is 1. The van der Waals surface area contributed by atoms with Crippen LogP contribution in [0.5, 0.6) is 0 Å². The van der Waals surface area contributed by atoms with E-state index in [1.165, 1.54) is 12.8 Å². The van der Waals surface area contributed by atoms with Gasteiger partial charge in [-0.15, -0.1) is 0 Å². The average Bonchev–Trinajstić information content (AvgIpc) is 2.27. The van der Waals surface area contributed by atoms with Crippen molar-refractivity contribution in [3.63, 3.8) is 0 Å². The summed E-state index contributed by atoms with van der Waals surface area (Å²) in [4.78, 5) is 6.83. The van der Waals surface area contributed by atoms with Gasteiger partial charge in [0.25, 0.3) is 0 Å². The summed E-state index contributed by atoms with van der Waals surface area (Å²) in [7, 11) is 2.16. The molecule has 0 amide bonds. The molecule has 1 rings (SSSR count). The number of hydrogen-bond acceptors (Lipinski definition) is 3. The lowest BCUT2D eigenvalue weighted by Crippen LogP contribution is -2.33. The van der Waals surface area contributed by atoms with Gasteiger partial charge in [0.2, 0.25) is 0 Å². The van der Waals surface area contributed by atoms with Gasteiger partial charge in [-0.1, -0.05) is 6.58 Å². The van der Waals surface area contributed by atoms with E-state index in [1.54, 1.807) is 6.20 Å². The van der Waals surface area contributed by atoms with Crippen LogP contribution in [0.1, 0.15) is 19.8 Å². The Morgan fingerprint density at radius 3 is 2.53 bits per heavy atom. The SMILES string of the molecule is C=C/C(=N\C(C)=C/N)C1CCN(C)CC1. The molecule has 1 fully saturated rings. The molecular weight excluding hydrogens is 186 g/mol. The van der Waals surface area contributed by atoms with Gasteiger partial charge in [0.15, 0.2) is 0 Å². The van der Waals surface area contributed by atoms with Crippen molar-refractivity contribution in [2.24, 2.45) is 16.6 Å². The first kappa shape index (κ1) is 12.0. The van der Waals surface area contributed by atoms with Crippen LogP contribution in [-0.4, -0.2) is 30.7 Å². The Kier molecular flexibility index (Phi) is 4.56. The Morgan fingerprint density at radius 2 is 2.07 bits per heavy atom. The van der Waals surface area contributed by atoms with Crippen molar-refractivity contribution in [3.8, 4) is 0 Å². The highest BCUT2D eigenvalue weighted by Crippen LogP contribution is 2.19. The smallest absolute Gasteiger partial charge is 0.0530 e. The van der Waals surface area contributed by atoms with E-state index < -0.39 is 0 Å². The van der Waals surface area contributed by atoms with E-state index in [-0.39, 0.29) is 0 Å². The quantitative estimate of drug-likeness (QED) is 0.717. The molecule has 84 valence electrons. The molecule has 1 heterocycles. The molecule has 0 radical (unpaired) electrons. The van der Waals surface area contributed by atoms with Crippen LogP contribution in [-0.2, 0) is 0 Å². The van der Waals surface area contributed by atoms with Crippen molar-refractivity contribution < 1.29 is 0 Å². The third kappa shape index (κ3) is 3.51. The molecule has 3 heteroatoms. The zero-order valence-electron chi connectivity index (χ0n) is 9.74. The predicted molar refractivity (Wildman–Crippen MR) is 65.8 cm³/mol. The second kappa shape index (κ2) is 5.71. The topological polar surface area (TPSA) is 41.6 Å². The highest BCUT2D eigenvalue weighted by atomic mass is 15.1.